The Kier molecular flexibility index (Phi) is 3.97. The molecule has 6 heteroatoms. The molecule has 0 unspecified atom stereocenters. The van der Waals surface area contributed by atoms with Gasteiger partial charge in [0.2, 0.25) is 0 Å². The first-order valence-corrected chi connectivity index (χ1v) is 6.23. The summed E-state index contributed by atoms with van der Waals surface area (Å²) in [7, 11) is 0. The molecule has 0 aliphatic heterocycles. The largest absolute Gasteiger partial charge is 0.308 e. The predicted molar refractivity (Wildman–Crippen MR) is 74.4 cm³/mol. The van der Waals surface area contributed by atoms with Crippen LogP contribution < -0.4 is 11.3 Å². The SMILES string of the molecule is CCc1nc(-c2cc(F)cc(Cl)c2)nc(NN)c1C. The molecule has 1 aromatic heterocycles. The van der Waals surface area contributed by atoms with E-state index in [0.29, 0.717) is 22.2 Å². The lowest BCUT2D eigenvalue weighted by Gasteiger charge is -2.11. The van der Waals surface area contributed by atoms with Gasteiger partial charge in [-0.2, -0.15) is 0 Å². The Morgan fingerprint density at radius 1 is 1.32 bits per heavy atom. The average Bonchev–Trinajstić information content (AvgIpc) is 2.37. The van der Waals surface area contributed by atoms with Gasteiger partial charge in [0.05, 0.1) is 0 Å². The van der Waals surface area contributed by atoms with Crippen molar-refractivity contribution < 1.29 is 4.39 Å². The van der Waals surface area contributed by atoms with Crippen molar-refractivity contribution in [2.45, 2.75) is 20.3 Å². The van der Waals surface area contributed by atoms with E-state index < -0.39 is 5.82 Å². The number of hydrogen-bond acceptors (Lipinski definition) is 4. The zero-order chi connectivity index (χ0) is 14.0. The minimum atomic E-state index is -0.424. The van der Waals surface area contributed by atoms with Crippen molar-refractivity contribution in [3.8, 4) is 11.4 Å². The third kappa shape index (κ3) is 2.83. The van der Waals surface area contributed by atoms with Crippen molar-refractivity contribution in [1.82, 2.24) is 9.97 Å². The lowest BCUT2D eigenvalue weighted by atomic mass is 10.1. The second-order valence-corrected chi connectivity index (χ2v) is 4.56. The highest BCUT2D eigenvalue weighted by Gasteiger charge is 2.11. The van der Waals surface area contributed by atoms with Gasteiger partial charge in [-0.1, -0.05) is 18.5 Å². The fourth-order valence-corrected chi connectivity index (χ4v) is 2.08. The number of aromatic nitrogens is 2. The molecule has 1 aromatic carbocycles. The van der Waals surface area contributed by atoms with Crippen LogP contribution >= 0.6 is 11.6 Å². The molecule has 19 heavy (non-hydrogen) atoms. The van der Waals surface area contributed by atoms with E-state index in [9.17, 15) is 4.39 Å². The maximum Gasteiger partial charge on any atom is 0.161 e. The van der Waals surface area contributed by atoms with Gasteiger partial charge in [-0.3, -0.25) is 0 Å². The molecule has 0 amide bonds. The zero-order valence-corrected chi connectivity index (χ0v) is 11.4. The molecule has 0 aliphatic carbocycles. The number of nitrogens with one attached hydrogen (secondary N) is 1. The van der Waals surface area contributed by atoms with E-state index in [4.69, 9.17) is 17.4 Å². The molecule has 1 heterocycles. The fraction of sp³-hybridized carbons (Fsp3) is 0.231. The molecule has 0 aliphatic rings. The lowest BCUT2D eigenvalue weighted by molar-refractivity contribution is 0.628. The van der Waals surface area contributed by atoms with E-state index in [1.807, 2.05) is 13.8 Å². The Morgan fingerprint density at radius 3 is 2.63 bits per heavy atom. The number of hydrogen-bond donors (Lipinski definition) is 2. The van der Waals surface area contributed by atoms with Crippen molar-refractivity contribution in [1.29, 1.82) is 0 Å². The van der Waals surface area contributed by atoms with E-state index in [1.165, 1.54) is 12.1 Å². The first-order chi connectivity index (χ1) is 9.05. The molecule has 0 spiro atoms. The monoisotopic (exact) mass is 280 g/mol. The first-order valence-electron chi connectivity index (χ1n) is 5.85. The molecule has 2 aromatic rings. The maximum atomic E-state index is 13.4. The van der Waals surface area contributed by atoms with Crippen molar-refractivity contribution in [2.24, 2.45) is 5.84 Å². The van der Waals surface area contributed by atoms with Gasteiger partial charge in [-0.05, 0) is 31.5 Å². The average molecular weight is 281 g/mol. The number of nitrogens with zero attached hydrogens (tertiary/aromatic N) is 2. The van der Waals surface area contributed by atoms with Gasteiger partial charge in [-0.25, -0.2) is 20.2 Å². The van der Waals surface area contributed by atoms with Crippen LogP contribution in [-0.2, 0) is 6.42 Å². The molecule has 0 atom stereocenters. The summed E-state index contributed by atoms with van der Waals surface area (Å²) in [6, 6.07) is 4.20. The van der Waals surface area contributed by atoms with Crippen LogP contribution in [0.1, 0.15) is 18.2 Å². The molecule has 0 radical (unpaired) electrons. The zero-order valence-electron chi connectivity index (χ0n) is 10.7. The van der Waals surface area contributed by atoms with Crippen LogP contribution in [0.25, 0.3) is 11.4 Å². The lowest BCUT2D eigenvalue weighted by Crippen LogP contribution is -2.13. The van der Waals surface area contributed by atoms with E-state index in [2.05, 4.69) is 15.4 Å². The molecule has 2 rings (SSSR count). The third-order valence-electron chi connectivity index (χ3n) is 2.84. The fourth-order valence-electron chi connectivity index (χ4n) is 1.86. The van der Waals surface area contributed by atoms with Crippen LogP contribution in [0.4, 0.5) is 10.2 Å². The normalized spacial score (nSPS) is 10.6. The number of anilines is 1. The van der Waals surface area contributed by atoms with E-state index in [1.54, 1.807) is 6.07 Å². The van der Waals surface area contributed by atoms with Crippen LogP contribution in [0.5, 0.6) is 0 Å². The van der Waals surface area contributed by atoms with E-state index in [0.717, 1.165) is 17.7 Å². The second kappa shape index (κ2) is 5.50. The Hall–Kier alpha value is -1.72. The van der Waals surface area contributed by atoms with Crippen LogP contribution in [0, 0.1) is 12.7 Å². The topological polar surface area (TPSA) is 63.8 Å². The molecular weight excluding hydrogens is 267 g/mol. The van der Waals surface area contributed by atoms with Gasteiger partial charge >= 0.3 is 0 Å². The summed E-state index contributed by atoms with van der Waals surface area (Å²) < 4.78 is 13.4. The Balaban J connectivity index is 2.61. The summed E-state index contributed by atoms with van der Waals surface area (Å²) in [5.41, 5.74) is 4.80. The minimum Gasteiger partial charge on any atom is -0.308 e. The molecule has 100 valence electrons. The van der Waals surface area contributed by atoms with Crippen molar-refractivity contribution in [3.63, 3.8) is 0 Å². The van der Waals surface area contributed by atoms with Gasteiger partial charge in [0, 0.05) is 21.8 Å². The number of hydrazine groups is 1. The quantitative estimate of drug-likeness (QED) is 0.670. The minimum absolute atomic E-state index is 0.305. The molecule has 0 bridgehead atoms. The van der Waals surface area contributed by atoms with Gasteiger partial charge in [-0.15, -0.1) is 0 Å². The summed E-state index contributed by atoms with van der Waals surface area (Å²) in [6.45, 7) is 3.87. The Morgan fingerprint density at radius 2 is 2.05 bits per heavy atom. The molecule has 4 nitrogen and oxygen atoms in total. The number of nitrogen functional groups attached to an aromatic ring is 1. The first kappa shape index (κ1) is 13.7. The summed E-state index contributed by atoms with van der Waals surface area (Å²) in [4.78, 5) is 8.70. The van der Waals surface area contributed by atoms with Crippen molar-refractivity contribution in [3.05, 3.63) is 40.3 Å². The van der Waals surface area contributed by atoms with Crippen molar-refractivity contribution >= 4 is 17.4 Å². The third-order valence-corrected chi connectivity index (χ3v) is 3.06. The van der Waals surface area contributed by atoms with E-state index in [-0.39, 0.29) is 0 Å². The number of nitrogens with two attached hydrogens (primary N) is 1. The Bertz CT molecular complexity index is 570. The van der Waals surface area contributed by atoms with Gasteiger partial charge < -0.3 is 5.43 Å². The summed E-state index contributed by atoms with van der Waals surface area (Å²) >= 11 is 5.84. The second-order valence-electron chi connectivity index (χ2n) is 4.12. The maximum absolute atomic E-state index is 13.4. The molecule has 0 fully saturated rings. The number of halogens is 2. The van der Waals surface area contributed by atoms with Crippen molar-refractivity contribution in [2.75, 3.05) is 5.43 Å². The highest BCUT2D eigenvalue weighted by atomic mass is 35.5. The molecule has 0 saturated heterocycles. The van der Waals surface area contributed by atoms with Crippen LogP contribution in [0.15, 0.2) is 18.2 Å². The number of benzene rings is 1. The van der Waals surface area contributed by atoms with Gasteiger partial charge in [0.25, 0.3) is 0 Å². The van der Waals surface area contributed by atoms with Crippen LogP contribution in [-0.4, -0.2) is 9.97 Å². The molecule has 0 saturated carbocycles. The highest BCUT2D eigenvalue weighted by molar-refractivity contribution is 6.30. The standard InChI is InChI=1S/C13H14ClFN4/c1-3-11-7(2)12(19-16)18-13(17-11)8-4-9(14)6-10(15)5-8/h4-6H,3,16H2,1-2H3,(H,17,18,19). The summed E-state index contributed by atoms with van der Waals surface area (Å²) in [6.07, 6.45) is 0.735. The highest BCUT2D eigenvalue weighted by Crippen LogP contribution is 2.25. The van der Waals surface area contributed by atoms with Crippen LogP contribution in [0.2, 0.25) is 5.02 Å². The summed E-state index contributed by atoms with van der Waals surface area (Å²) in [5.74, 6) is 5.95. The predicted octanol–water partition coefficient (Wildman–Crippen LogP) is 3.09. The number of aryl methyl sites for hydroxylation is 1. The van der Waals surface area contributed by atoms with Gasteiger partial charge in [0.1, 0.15) is 11.6 Å². The van der Waals surface area contributed by atoms with E-state index >= 15 is 0 Å². The Labute approximate surface area is 115 Å². The molecular formula is C13H14ClFN4. The molecule has 3 N–H and O–H groups in total. The van der Waals surface area contributed by atoms with Gasteiger partial charge in [0.15, 0.2) is 5.82 Å². The van der Waals surface area contributed by atoms with Crippen LogP contribution in [0.3, 0.4) is 0 Å². The summed E-state index contributed by atoms with van der Waals surface area (Å²) in [5, 5.41) is 0.305. The smallest absolute Gasteiger partial charge is 0.161 e. The number of rotatable bonds is 3.